The van der Waals surface area contributed by atoms with E-state index >= 15 is 0 Å². The number of aliphatic imine (C=N–C) groups is 1. The predicted octanol–water partition coefficient (Wildman–Crippen LogP) is 4.65. The molecule has 0 radical (unpaired) electrons. The van der Waals surface area contributed by atoms with Crippen molar-refractivity contribution in [2.45, 2.75) is 52.6 Å². The number of nitrogens with zero attached hydrogens (tertiary/aromatic N) is 3. The molecule has 9 nitrogen and oxygen atoms in total. The monoisotopic (exact) mass is 507 g/mol. The Hall–Kier alpha value is -3.98. The second-order valence-electron chi connectivity index (χ2n) is 9.81. The molecule has 196 valence electrons. The minimum absolute atomic E-state index is 0.168. The van der Waals surface area contributed by atoms with E-state index in [1.54, 1.807) is 52.1 Å². The van der Waals surface area contributed by atoms with E-state index in [9.17, 15) is 19.5 Å². The number of carbonyl (C=O) groups is 3. The fourth-order valence-electron chi connectivity index (χ4n) is 3.85. The average Bonchev–Trinajstić information content (AvgIpc) is 3.27. The first-order valence-corrected chi connectivity index (χ1v) is 12.2. The van der Waals surface area contributed by atoms with Gasteiger partial charge in [0.1, 0.15) is 23.2 Å². The standard InChI is InChI=1S/C28H33N3O6/c1-6-7-20-8-10-21(11-9-20)25(32)36-23-14-12-22(13-15-23)31(27(34)35)19-17-29-24(31)16-18-30(5)26(33)37-28(2,3)4/h8-15,17,19H,6-7,16,18H2,1-5H3. The Morgan fingerprint density at radius 2 is 1.65 bits per heavy atom. The molecule has 1 heterocycles. The van der Waals surface area contributed by atoms with E-state index in [1.165, 1.54) is 29.4 Å². The molecule has 0 N–H and O–H groups in total. The molecule has 1 atom stereocenters. The molecule has 0 aromatic heterocycles. The van der Waals surface area contributed by atoms with Crippen LogP contribution in [0.2, 0.25) is 0 Å². The number of aryl methyl sites for hydroxylation is 1. The third kappa shape index (κ3) is 6.62. The van der Waals surface area contributed by atoms with Crippen molar-refractivity contribution < 1.29 is 29.0 Å². The Labute approximate surface area is 217 Å². The number of amidine groups is 1. The lowest BCUT2D eigenvalue weighted by atomic mass is 10.1. The van der Waals surface area contributed by atoms with Gasteiger partial charge >= 0.3 is 12.1 Å². The van der Waals surface area contributed by atoms with E-state index in [0.717, 1.165) is 18.4 Å². The maximum Gasteiger partial charge on any atom is 0.410 e. The van der Waals surface area contributed by atoms with Crippen LogP contribution in [-0.4, -0.2) is 48.1 Å². The minimum Gasteiger partial charge on any atom is -0.497 e. The number of carboxylic acid groups (broad SMARTS) is 1. The van der Waals surface area contributed by atoms with Gasteiger partial charge in [0.2, 0.25) is 5.84 Å². The van der Waals surface area contributed by atoms with Gasteiger partial charge < -0.3 is 24.3 Å². The summed E-state index contributed by atoms with van der Waals surface area (Å²) in [6.45, 7) is 7.59. The minimum atomic E-state index is -1.40. The van der Waals surface area contributed by atoms with Crippen molar-refractivity contribution in [3.05, 3.63) is 72.1 Å². The van der Waals surface area contributed by atoms with E-state index in [0.29, 0.717) is 11.3 Å². The van der Waals surface area contributed by atoms with Gasteiger partial charge in [0.05, 0.1) is 18.2 Å². The lowest BCUT2D eigenvalue weighted by Gasteiger charge is -2.32. The van der Waals surface area contributed by atoms with Gasteiger partial charge in [-0.2, -0.15) is 4.48 Å². The molecule has 0 aliphatic carbocycles. The number of ether oxygens (including phenoxy) is 2. The molecule has 0 spiro atoms. The van der Waals surface area contributed by atoms with Gasteiger partial charge in [0.15, 0.2) is 0 Å². The SMILES string of the molecule is CCCc1ccc(C(=O)Oc2ccc([N+]3(C(=O)[O-])C=CN=C3CCN(C)C(=O)OC(C)(C)C)cc2)cc1. The molecule has 1 aliphatic rings. The smallest absolute Gasteiger partial charge is 0.410 e. The highest BCUT2D eigenvalue weighted by Gasteiger charge is 2.41. The lowest BCUT2D eigenvalue weighted by Crippen LogP contribution is -2.59. The summed E-state index contributed by atoms with van der Waals surface area (Å²) in [6.07, 6.45) is 3.00. The van der Waals surface area contributed by atoms with Crippen molar-refractivity contribution in [2.24, 2.45) is 4.99 Å². The highest BCUT2D eigenvalue weighted by molar-refractivity contribution is 6.10. The van der Waals surface area contributed by atoms with E-state index in [2.05, 4.69) is 11.9 Å². The summed E-state index contributed by atoms with van der Waals surface area (Å²) in [6, 6.07) is 13.4. The molecule has 2 aromatic rings. The van der Waals surface area contributed by atoms with E-state index in [-0.39, 0.29) is 24.6 Å². The van der Waals surface area contributed by atoms with Crippen LogP contribution in [0.4, 0.5) is 15.3 Å². The summed E-state index contributed by atoms with van der Waals surface area (Å²) < 4.78 is 10.1. The first kappa shape index (κ1) is 27.6. The van der Waals surface area contributed by atoms with Crippen LogP contribution in [0.3, 0.4) is 0 Å². The molecule has 1 unspecified atom stereocenters. The summed E-state index contributed by atoms with van der Waals surface area (Å²) in [7, 11) is 1.57. The Bertz CT molecular complexity index is 1200. The largest absolute Gasteiger partial charge is 0.497 e. The first-order chi connectivity index (χ1) is 17.5. The number of benzene rings is 2. The Morgan fingerprint density at radius 1 is 1.00 bits per heavy atom. The average molecular weight is 508 g/mol. The molecule has 0 fully saturated rings. The topological polar surface area (TPSA) is 108 Å². The van der Waals surface area contributed by atoms with Crippen molar-refractivity contribution in [1.29, 1.82) is 0 Å². The van der Waals surface area contributed by atoms with Gasteiger partial charge in [0.25, 0.3) is 6.09 Å². The van der Waals surface area contributed by atoms with Gasteiger partial charge in [-0.25, -0.2) is 14.6 Å². The first-order valence-electron chi connectivity index (χ1n) is 12.2. The van der Waals surface area contributed by atoms with Crippen molar-refractivity contribution in [3.8, 4) is 5.75 Å². The molecule has 0 bridgehead atoms. The highest BCUT2D eigenvalue weighted by Crippen LogP contribution is 2.31. The zero-order valence-corrected chi connectivity index (χ0v) is 21.9. The Morgan fingerprint density at radius 3 is 2.22 bits per heavy atom. The zero-order valence-electron chi connectivity index (χ0n) is 21.9. The molecule has 2 amide bonds. The number of esters is 1. The molecule has 0 saturated heterocycles. The number of hydrogen-bond acceptors (Lipinski definition) is 7. The van der Waals surface area contributed by atoms with Crippen molar-refractivity contribution in [3.63, 3.8) is 0 Å². The third-order valence-corrected chi connectivity index (χ3v) is 5.77. The molecule has 2 aromatic carbocycles. The van der Waals surface area contributed by atoms with Crippen molar-refractivity contribution in [1.82, 2.24) is 9.38 Å². The highest BCUT2D eigenvalue weighted by atomic mass is 16.6. The van der Waals surface area contributed by atoms with Crippen LogP contribution in [0.5, 0.6) is 5.75 Å². The molecule has 3 rings (SSSR count). The summed E-state index contributed by atoms with van der Waals surface area (Å²) in [4.78, 5) is 42.8. The lowest BCUT2D eigenvalue weighted by molar-refractivity contribution is -0.257. The zero-order chi connectivity index (χ0) is 27.2. The van der Waals surface area contributed by atoms with Crippen molar-refractivity contribution in [2.75, 3.05) is 13.6 Å². The summed E-state index contributed by atoms with van der Waals surface area (Å²) in [5, 5.41) is 12.4. The molecular formula is C28H33N3O6. The van der Waals surface area contributed by atoms with Crippen LogP contribution in [0.25, 0.3) is 0 Å². The van der Waals surface area contributed by atoms with Gasteiger partial charge in [-0.1, -0.05) is 25.5 Å². The maximum absolute atomic E-state index is 12.5. The van der Waals surface area contributed by atoms with Crippen LogP contribution in [0.15, 0.2) is 65.9 Å². The van der Waals surface area contributed by atoms with Crippen molar-refractivity contribution >= 4 is 29.7 Å². The van der Waals surface area contributed by atoms with E-state index in [1.807, 2.05) is 12.1 Å². The third-order valence-electron chi connectivity index (χ3n) is 5.77. The molecule has 0 saturated carbocycles. The summed E-state index contributed by atoms with van der Waals surface area (Å²) in [5.41, 5.74) is 1.27. The predicted molar refractivity (Wildman–Crippen MR) is 139 cm³/mol. The number of amides is 2. The quantitative estimate of drug-likeness (QED) is 0.292. The number of hydrogen-bond donors (Lipinski definition) is 0. The van der Waals surface area contributed by atoms with Crippen LogP contribution in [0.1, 0.15) is 56.5 Å². The molecule has 1 aliphatic heterocycles. The summed E-state index contributed by atoms with van der Waals surface area (Å²) >= 11 is 0. The molecule has 9 heteroatoms. The second kappa shape index (κ2) is 11.4. The second-order valence-corrected chi connectivity index (χ2v) is 9.81. The van der Waals surface area contributed by atoms with E-state index < -0.39 is 28.2 Å². The Balaban J connectivity index is 1.71. The fraction of sp³-hybridized carbons (Fsp3) is 0.357. The van der Waals surface area contributed by atoms with Gasteiger partial charge in [-0.05, 0) is 57.0 Å². The fourth-order valence-corrected chi connectivity index (χ4v) is 3.85. The number of rotatable bonds is 8. The maximum atomic E-state index is 12.5. The molecular weight excluding hydrogens is 474 g/mol. The molecule has 37 heavy (non-hydrogen) atoms. The number of quaternary nitrogens is 1. The number of carbonyl (C=O) groups excluding carboxylic acids is 3. The van der Waals surface area contributed by atoms with Crippen LogP contribution in [-0.2, 0) is 11.2 Å². The summed E-state index contributed by atoms with van der Waals surface area (Å²) in [5.74, 6) is 0.0367. The Kier molecular flexibility index (Phi) is 8.49. The van der Waals surface area contributed by atoms with Crippen LogP contribution >= 0.6 is 0 Å². The van der Waals surface area contributed by atoms with Crippen LogP contribution < -0.4 is 14.3 Å². The van der Waals surface area contributed by atoms with Gasteiger partial charge in [-0.15, -0.1) is 0 Å². The van der Waals surface area contributed by atoms with E-state index in [4.69, 9.17) is 9.47 Å². The van der Waals surface area contributed by atoms with Gasteiger partial charge in [-0.3, -0.25) is 0 Å². The normalized spacial score (nSPS) is 16.7. The van der Waals surface area contributed by atoms with Crippen LogP contribution in [0, 0.1) is 0 Å². The van der Waals surface area contributed by atoms with Gasteiger partial charge in [0, 0.05) is 25.7 Å².